The van der Waals surface area contributed by atoms with E-state index in [4.69, 9.17) is 9.84 Å². The molecule has 0 aliphatic heterocycles. The molecule has 1 aromatic carbocycles. The van der Waals surface area contributed by atoms with Gasteiger partial charge in [0.05, 0.1) is 5.56 Å². The molecule has 2 aromatic rings. The molecule has 1 aliphatic carbocycles. The Morgan fingerprint density at radius 2 is 1.90 bits per heavy atom. The van der Waals surface area contributed by atoms with E-state index >= 15 is 0 Å². The first kappa shape index (κ1) is 22.6. The Morgan fingerprint density at radius 3 is 2.55 bits per heavy atom. The number of amides is 1. The first-order valence-corrected chi connectivity index (χ1v) is 9.72. The Morgan fingerprint density at radius 1 is 1.19 bits per heavy atom. The number of nitrogens with one attached hydrogen (secondary N) is 1. The summed E-state index contributed by atoms with van der Waals surface area (Å²) in [6.07, 6.45) is 0.00750. The zero-order valence-corrected chi connectivity index (χ0v) is 16.4. The number of carbonyl (C=O) groups excluding carboxylic acids is 1. The number of aromatic nitrogens is 2. The molecular formula is C20H21F4N3O4. The van der Waals surface area contributed by atoms with E-state index in [9.17, 15) is 27.2 Å². The number of carboxylic acid groups (broad SMARTS) is 1. The van der Waals surface area contributed by atoms with Gasteiger partial charge in [0.1, 0.15) is 19.0 Å². The summed E-state index contributed by atoms with van der Waals surface area (Å²) >= 11 is 0. The lowest BCUT2D eigenvalue weighted by Crippen LogP contribution is -2.38. The molecule has 1 fully saturated rings. The average molecular weight is 443 g/mol. The van der Waals surface area contributed by atoms with Crippen molar-refractivity contribution in [3.05, 3.63) is 46.9 Å². The van der Waals surface area contributed by atoms with Gasteiger partial charge in [-0.2, -0.15) is 18.3 Å². The lowest BCUT2D eigenvalue weighted by molar-refractivity contribution is -0.138. The van der Waals surface area contributed by atoms with Crippen LogP contribution in [0.15, 0.2) is 24.3 Å². The molecule has 168 valence electrons. The van der Waals surface area contributed by atoms with Crippen LogP contribution in [0.3, 0.4) is 0 Å². The summed E-state index contributed by atoms with van der Waals surface area (Å²) in [6.45, 7) is -0.973. The van der Waals surface area contributed by atoms with Crippen molar-refractivity contribution in [2.24, 2.45) is 0 Å². The fourth-order valence-electron chi connectivity index (χ4n) is 3.48. The Bertz CT molecular complexity index is 952. The van der Waals surface area contributed by atoms with Crippen LogP contribution in [0.1, 0.15) is 53.7 Å². The maximum absolute atomic E-state index is 13.3. The topological polar surface area (TPSA) is 93.5 Å². The molecule has 7 nitrogen and oxygen atoms in total. The number of hydrogen-bond acceptors (Lipinski definition) is 4. The number of carbonyl (C=O) groups is 2. The second-order valence-corrected chi connectivity index (χ2v) is 7.32. The summed E-state index contributed by atoms with van der Waals surface area (Å²) in [5.41, 5.74) is -1.96. The standard InChI is InChI=1S/C20H21F4N3O4/c21-13-7-6-12(15(8-13)20(22,23)24)11-31-18-9-16(19(29)30)26-27(18)10-17(28)25-14-4-2-1-3-5-14/h6-9,14H,1-5,10-11H2,(H,25,28)(H,29,30). The van der Waals surface area contributed by atoms with Gasteiger partial charge in [0, 0.05) is 17.7 Å². The molecule has 1 heterocycles. The van der Waals surface area contributed by atoms with Crippen molar-refractivity contribution in [1.82, 2.24) is 15.1 Å². The molecule has 0 saturated heterocycles. The van der Waals surface area contributed by atoms with Crippen molar-refractivity contribution in [3.63, 3.8) is 0 Å². The number of benzene rings is 1. The summed E-state index contributed by atoms with van der Waals surface area (Å²) in [6, 6.07) is 3.20. The molecule has 0 unspecified atom stereocenters. The lowest BCUT2D eigenvalue weighted by Gasteiger charge is -2.22. The average Bonchev–Trinajstić information content (AvgIpc) is 3.10. The van der Waals surface area contributed by atoms with Gasteiger partial charge in [0.25, 0.3) is 0 Å². The van der Waals surface area contributed by atoms with Gasteiger partial charge in [-0.25, -0.2) is 13.9 Å². The summed E-state index contributed by atoms with van der Waals surface area (Å²) in [7, 11) is 0. The van der Waals surface area contributed by atoms with Crippen LogP contribution in [0.2, 0.25) is 0 Å². The Labute approximate surface area is 175 Å². The predicted octanol–water partition coefficient (Wildman–Crippen LogP) is 3.77. The van der Waals surface area contributed by atoms with Crippen LogP contribution in [-0.4, -0.2) is 32.8 Å². The van der Waals surface area contributed by atoms with Crippen molar-refractivity contribution in [3.8, 4) is 5.88 Å². The Hall–Kier alpha value is -3.11. The summed E-state index contributed by atoms with van der Waals surface area (Å²) < 4.78 is 59.1. The fourth-order valence-corrected chi connectivity index (χ4v) is 3.48. The van der Waals surface area contributed by atoms with Crippen LogP contribution in [0.4, 0.5) is 17.6 Å². The molecule has 0 bridgehead atoms. The van der Waals surface area contributed by atoms with E-state index in [-0.39, 0.29) is 24.0 Å². The van der Waals surface area contributed by atoms with Gasteiger partial charge < -0.3 is 15.2 Å². The van der Waals surface area contributed by atoms with Gasteiger partial charge >= 0.3 is 12.1 Å². The number of ether oxygens (including phenoxy) is 1. The molecule has 0 radical (unpaired) electrons. The zero-order chi connectivity index (χ0) is 22.6. The first-order chi connectivity index (χ1) is 14.6. The monoisotopic (exact) mass is 443 g/mol. The molecule has 11 heteroatoms. The summed E-state index contributed by atoms with van der Waals surface area (Å²) in [5, 5.41) is 15.8. The SMILES string of the molecule is O=C(Cn1nc(C(=O)O)cc1OCc1ccc(F)cc1C(F)(F)F)NC1CCCCC1. The molecule has 1 amide bonds. The van der Waals surface area contributed by atoms with E-state index in [1.165, 1.54) is 0 Å². The number of halogens is 4. The number of hydrogen-bond donors (Lipinski definition) is 2. The van der Waals surface area contributed by atoms with Gasteiger partial charge in [0.2, 0.25) is 11.8 Å². The third-order valence-electron chi connectivity index (χ3n) is 4.98. The Balaban J connectivity index is 1.75. The highest BCUT2D eigenvalue weighted by Crippen LogP contribution is 2.33. The smallest absolute Gasteiger partial charge is 0.416 e. The molecule has 1 aliphatic rings. The minimum absolute atomic E-state index is 0.0219. The van der Waals surface area contributed by atoms with Crippen molar-refractivity contribution in [2.45, 2.75) is 57.5 Å². The molecule has 2 N–H and O–H groups in total. The highest BCUT2D eigenvalue weighted by Gasteiger charge is 2.34. The summed E-state index contributed by atoms with van der Waals surface area (Å²) in [5.74, 6) is -3.02. The minimum Gasteiger partial charge on any atom is -0.476 e. The van der Waals surface area contributed by atoms with Crippen LogP contribution in [0, 0.1) is 5.82 Å². The molecule has 0 atom stereocenters. The molecule has 0 spiro atoms. The van der Waals surface area contributed by atoms with E-state index in [2.05, 4.69) is 10.4 Å². The number of rotatable bonds is 7. The fraction of sp³-hybridized carbons (Fsp3) is 0.450. The first-order valence-electron chi connectivity index (χ1n) is 9.72. The summed E-state index contributed by atoms with van der Waals surface area (Å²) in [4.78, 5) is 23.6. The second-order valence-electron chi connectivity index (χ2n) is 7.32. The Kier molecular flexibility index (Phi) is 6.81. The van der Waals surface area contributed by atoms with Gasteiger partial charge in [-0.05, 0) is 25.0 Å². The zero-order valence-electron chi connectivity index (χ0n) is 16.4. The highest BCUT2D eigenvalue weighted by molar-refractivity contribution is 5.85. The molecular weight excluding hydrogens is 422 g/mol. The largest absolute Gasteiger partial charge is 0.476 e. The third kappa shape index (κ3) is 5.96. The van der Waals surface area contributed by atoms with E-state index in [0.717, 1.165) is 55.0 Å². The van der Waals surface area contributed by atoms with Crippen LogP contribution in [0.5, 0.6) is 5.88 Å². The van der Waals surface area contributed by atoms with Crippen LogP contribution in [-0.2, 0) is 24.1 Å². The number of alkyl halides is 3. The number of nitrogens with zero attached hydrogens (tertiary/aromatic N) is 2. The van der Waals surface area contributed by atoms with Gasteiger partial charge in [-0.1, -0.05) is 25.3 Å². The molecule has 3 rings (SSSR count). The van der Waals surface area contributed by atoms with Gasteiger partial charge in [-0.15, -0.1) is 0 Å². The highest BCUT2D eigenvalue weighted by atomic mass is 19.4. The molecule has 1 aromatic heterocycles. The number of aromatic carboxylic acids is 1. The predicted molar refractivity (Wildman–Crippen MR) is 99.9 cm³/mol. The van der Waals surface area contributed by atoms with Gasteiger partial charge in [-0.3, -0.25) is 4.79 Å². The van der Waals surface area contributed by atoms with Crippen LogP contribution < -0.4 is 10.1 Å². The van der Waals surface area contributed by atoms with E-state index < -0.39 is 41.7 Å². The van der Waals surface area contributed by atoms with E-state index in [1.807, 2.05) is 0 Å². The van der Waals surface area contributed by atoms with Crippen LogP contribution >= 0.6 is 0 Å². The van der Waals surface area contributed by atoms with Crippen molar-refractivity contribution in [2.75, 3.05) is 0 Å². The van der Waals surface area contributed by atoms with Crippen molar-refractivity contribution in [1.29, 1.82) is 0 Å². The van der Waals surface area contributed by atoms with Crippen molar-refractivity contribution < 1.29 is 37.0 Å². The quantitative estimate of drug-likeness (QED) is 0.636. The van der Waals surface area contributed by atoms with Gasteiger partial charge in [0.15, 0.2) is 5.69 Å². The third-order valence-corrected chi connectivity index (χ3v) is 4.98. The molecule has 1 saturated carbocycles. The number of carboxylic acids is 1. The maximum atomic E-state index is 13.3. The minimum atomic E-state index is -4.80. The van der Waals surface area contributed by atoms with Crippen molar-refractivity contribution >= 4 is 11.9 Å². The van der Waals surface area contributed by atoms with Crippen LogP contribution in [0.25, 0.3) is 0 Å². The van der Waals surface area contributed by atoms with E-state index in [1.54, 1.807) is 0 Å². The molecule has 31 heavy (non-hydrogen) atoms. The normalized spacial score (nSPS) is 15.0. The lowest BCUT2D eigenvalue weighted by atomic mass is 9.95. The maximum Gasteiger partial charge on any atom is 0.416 e. The van der Waals surface area contributed by atoms with E-state index in [0.29, 0.717) is 6.07 Å². The second kappa shape index (κ2) is 9.36.